The summed E-state index contributed by atoms with van der Waals surface area (Å²) in [5.41, 5.74) is 1.22. The Morgan fingerprint density at radius 3 is 2.44 bits per heavy atom. The smallest absolute Gasteiger partial charge is 0.160 e. The molecular formula is C14H18O2. The highest BCUT2D eigenvalue weighted by molar-refractivity contribution is 5.44. The Morgan fingerprint density at radius 2 is 1.88 bits per heavy atom. The lowest BCUT2D eigenvalue weighted by molar-refractivity contribution is 0.354. The predicted molar refractivity (Wildman–Crippen MR) is 66.0 cm³/mol. The maximum Gasteiger partial charge on any atom is 0.160 e. The zero-order valence-electron chi connectivity index (χ0n) is 10.3. The summed E-state index contributed by atoms with van der Waals surface area (Å²) < 4.78 is 10.5. The number of methoxy groups -OCH3 is 2. The normalized spacial score (nSPS) is 11.2. The van der Waals surface area contributed by atoms with Gasteiger partial charge in [0, 0.05) is 6.42 Å². The maximum atomic E-state index is 5.27. The van der Waals surface area contributed by atoms with E-state index in [-0.39, 0.29) is 0 Å². The van der Waals surface area contributed by atoms with E-state index < -0.39 is 0 Å². The van der Waals surface area contributed by atoms with Crippen LogP contribution in [0, 0.1) is 11.8 Å². The maximum absolute atomic E-state index is 5.27. The van der Waals surface area contributed by atoms with Crippen LogP contribution >= 0.6 is 0 Å². The van der Waals surface area contributed by atoms with Gasteiger partial charge in [-0.1, -0.05) is 13.0 Å². The molecule has 0 aliphatic carbocycles. The van der Waals surface area contributed by atoms with Gasteiger partial charge in [0.1, 0.15) is 0 Å². The molecule has 2 heteroatoms. The van der Waals surface area contributed by atoms with Crippen molar-refractivity contribution in [1.82, 2.24) is 0 Å². The van der Waals surface area contributed by atoms with Crippen molar-refractivity contribution in [2.24, 2.45) is 0 Å². The largest absolute Gasteiger partial charge is 0.493 e. The molecule has 0 spiro atoms. The first-order chi connectivity index (χ1) is 7.72. The van der Waals surface area contributed by atoms with Gasteiger partial charge in [-0.15, -0.1) is 11.8 Å². The minimum atomic E-state index is 0.409. The summed E-state index contributed by atoms with van der Waals surface area (Å²) in [5, 5.41) is 0. The number of rotatable bonds is 4. The average molecular weight is 218 g/mol. The van der Waals surface area contributed by atoms with E-state index in [2.05, 4.69) is 24.8 Å². The van der Waals surface area contributed by atoms with Crippen LogP contribution in [0.25, 0.3) is 0 Å². The average Bonchev–Trinajstić information content (AvgIpc) is 2.34. The first kappa shape index (κ1) is 12.4. The van der Waals surface area contributed by atoms with Gasteiger partial charge in [0.05, 0.1) is 14.2 Å². The van der Waals surface area contributed by atoms with E-state index in [9.17, 15) is 0 Å². The Balaban J connectivity index is 2.92. The molecule has 0 fully saturated rings. The molecule has 0 aliphatic rings. The molecule has 0 amide bonds. The summed E-state index contributed by atoms with van der Waals surface area (Å²) >= 11 is 0. The van der Waals surface area contributed by atoms with Crippen molar-refractivity contribution in [3.05, 3.63) is 23.8 Å². The highest BCUT2D eigenvalue weighted by Gasteiger charge is 2.09. The van der Waals surface area contributed by atoms with Gasteiger partial charge in [0.25, 0.3) is 0 Å². The van der Waals surface area contributed by atoms with Gasteiger partial charge < -0.3 is 9.47 Å². The van der Waals surface area contributed by atoms with Gasteiger partial charge in [0.2, 0.25) is 0 Å². The SMILES string of the molecule is CC#CCC(C)c1ccc(OC)c(OC)c1. The van der Waals surface area contributed by atoms with Crippen LogP contribution in [0.2, 0.25) is 0 Å². The fraction of sp³-hybridized carbons (Fsp3) is 0.429. The molecular weight excluding hydrogens is 200 g/mol. The van der Waals surface area contributed by atoms with Gasteiger partial charge in [-0.3, -0.25) is 0 Å². The van der Waals surface area contributed by atoms with E-state index in [1.165, 1.54) is 5.56 Å². The Kier molecular flexibility index (Phi) is 4.72. The minimum Gasteiger partial charge on any atom is -0.493 e. The molecule has 16 heavy (non-hydrogen) atoms. The summed E-state index contributed by atoms with van der Waals surface area (Å²) in [6.45, 7) is 4.02. The second-order valence-corrected chi connectivity index (χ2v) is 3.65. The molecule has 0 aliphatic heterocycles. The summed E-state index contributed by atoms with van der Waals surface area (Å²) in [5.74, 6) is 7.95. The second kappa shape index (κ2) is 6.07. The van der Waals surface area contributed by atoms with Crippen LogP contribution in [0.3, 0.4) is 0 Å². The molecule has 0 radical (unpaired) electrons. The molecule has 2 nitrogen and oxygen atoms in total. The fourth-order valence-electron chi connectivity index (χ4n) is 1.53. The lowest BCUT2D eigenvalue weighted by Gasteiger charge is -2.12. The number of hydrogen-bond donors (Lipinski definition) is 0. The molecule has 0 heterocycles. The number of ether oxygens (including phenoxy) is 2. The van der Waals surface area contributed by atoms with Crippen molar-refractivity contribution in [3.8, 4) is 23.3 Å². The lowest BCUT2D eigenvalue weighted by Crippen LogP contribution is -1.96. The quantitative estimate of drug-likeness (QED) is 0.722. The minimum absolute atomic E-state index is 0.409. The van der Waals surface area contributed by atoms with E-state index >= 15 is 0 Å². The van der Waals surface area contributed by atoms with Crippen LogP contribution in [-0.2, 0) is 0 Å². The standard InChI is InChI=1S/C14H18O2/c1-5-6-7-11(2)12-8-9-13(15-3)14(10-12)16-4/h8-11H,7H2,1-4H3. The fourth-order valence-corrected chi connectivity index (χ4v) is 1.53. The zero-order valence-corrected chi connectivity index (χ0v) is 10.3. The summed E-state index contributed by atoms with van der Waals surface area (Å²) in [7, 11) is 3.29. The van der Waals surface area contributed by atoms with Crippen molar-refractivity contribution in [2.45, 2.75) is 26.2 Å². The van der Waals surface area contributed by atoms with Gasteiger partial charge in [-0.05, 0) is 30.5 Å². The third-order valence-corrected chi connectivity index (χ3v) is 2.56. The van der Waals surface area contributed by atoms with E-state index in [0.29, 0.717) is 5.92 Å². The molecule has 0 saturated carbocycles. The van der Waals surface area contributed by atoms with Gasteiger partial charge in [0.15, 0.2) is 11.5 Å². The van der Waals surface area contributed by atoms with Crippen LogP contribution in [-0.4, -0.2) is 14.2 Å². The van der Waals surface area contributed by atoms with E-state index in [4.69, 9.17) is 9.47 Å². The van der Waals surface area contributed by atoms with Gasteiger partial charge in [-0.25, -0.2) is 0 Å². The van der Waals surface area contributed by atoms with Crippen LogP contribution in [0.5, 0.6) is 11.5 Å². The third kappa shape index (κ3) is 2.93. The third-order valence-electron chi connectivity index (χ3n) is 2.56. The van der Waals surface area contributed by atoms with Crippen molar-refractivity contribution >= 4 is 0 Å². The lowest BCUT2D eigenvalue weighted by atomic mass is 9.98. The Labute approximate surface area is 97.6 Å². The van der Waals surface area contributed by atoms with E-state index in [1.807, 2.05) is 19.1 Å². The van der Waals surface area contributed by atoms with Gasteiger partial charge in [-0.2, -0.15) is 0 Å². The molecule has 86 valence electrons. The monoisotopic (exact) mass is 218 g/mol. The Morgan fingerprint density at radius 1 is 1.19 bits per heavy atom. The van der Waals surface area contributed by atoms with Gasteiger partial charge >= 0.3 is 0 Å². The van der Waals surface area contributed by atoms with Crippen molar-refractivity contribution in [1.29, 1.82) is 0 Å². The Bertz CT molecular complexity index is 399. The second-order valence-electron chi connectivity index (χ2n) is 3.65. The highest BCUT2D eigenvalue weighted by atomic mass is 16.5. The molecule has 1 unspecified atom stereocenters. The summed E-state index contributed by atoms with van der Waals surface area (Å²) in [4.78, 5) is 0. The van der Waals surface area contributed by atoms with Crippen LogP contribution in [0.15, 0.2) is 18.2 Å². The number of hydrogen-bond acceptors (Lipinski definition) is 2. The van der Waals surface area contributed by atoms with E-state index in [1.54, 1.807) is 14.2 Å². The Hall–Kier alpha value is -1.62. The topological polar surface area (TPSA) is 18.5 Å². The van der Waals surface area contributed by atoms with Crippen LogP contribution in [0.4, 0.5) is 0 Å². The van der Waals surface area contributed by atoms with Crippen LogP contribution < -0.4 is 9.47 Å². The van der Waals surface area contributed by atoms with Crippen molar-refractivity contribution in [3.63, 3.8) is 0 Å². The predicted octanol–water partition coefficient (Wildman–Crippen LogP) is 3.22. The summed E-state index contributed by atoms with van der Waals surface area (Å²) in [6.07, 6.45) is 0.867. The van der Waals surface area contributed by atoms with Crippen LogP contribution in [0.1, 0.15) is 31.7 Å². The molecule has 1 aromatic carbocycles. The molecule has 1 aromatic rings. The summed E-state index contributed by atoms with van der Waals surface area (Å²) in [6, 6.07) is 6.01. The first-order valence-corrected chi connectivity index (χ1v) is 5.34. The van der Waals surface area contributed by atoms with Crippen molar-refractivity contribution < 1.29 is 9.47 Å². The molecule has 1 rings (SSSR count). The van der Waals surface area contributed by atoms with Crippen molar-refractivity contribution in [2.75, 3.05) is 14.2 Å². The molecule has 0 aromatic heterocycles. The number of benzene rings is 1. The molecule has 1 atom stereocenters. The van der Waals surface area contributed by atoms with E-state index in [0.717, 1.165) is 17.9 Å². The molecule has 0 saturated heterocycles. The molecule has 0 bridgehead atoms. The molecule has 0 N–H and O–H groups in total. The highest BCUT2D eigenvalue weighted by Crippen LogP contribution is 2.31. The first-order valence-electron chi connectivity index (χ1n) is 5.34. The zero-order chi connectivity index (χ0) is 12.0.